The standard InChI is InChI=1S/C23H26N2O5/c1-23(2)29-16-20(25-10-13-27-14-11-25)22(30-23)21(17-7-4-3-5-8-17)19(24-26)15-18-9-6-12-28-18/h3-9,12,15-16,21-22H,10-11,13-14H2,1-2H3/b19-15-. The molecular weight excluding hydrogens is 384 g/mol. The van der Waals surface area contributed by atoms with E-state index >= 15 is 0 Å². The lowest BCUT2D eigenvalue weighted by molar-refractivity contribution is -0.227. The second-order valence-corrected chi connectivity index (χ2v) is 7.76. The van der Waals surface area contributed by atoms with Crippen LogP contribution in [0.25, 0.3) is 6.08 Å². The van der Waals surface area contributed by atoms with E-state index in [1.54, 1.807) is 30.7 Å². The molecule has 2 aliphatic rings. The molecule has 1 aromatic heterocycles. The fraction of sp³-hybridized carbons (Fsp3) is 0.391. The van der Waals surface area contributed by atoms with Gasteiger partial charge >= 0.3 is 0 Å². The Morgan fingerprint density at radius 2 is 1.93 bits per heavy atom. The van der Waals surface area contributed by atoms with Crippen molar-refractivity contribution in [1.29, 1.82) is 0 Å². The Labute approximate surface area is 175 Å². The third-order valence-electron chi connectivity index (χ3n) is 5.26. The maximum Gasteiger partial charge on any atom is 0.204 e. The number of hydrogen-bond acceptors (Lipinski definition) is 7. The smallest absolute Gasteiger partial charge is 0.204 e. The van der Waals surface area contributed by atoms with E-state index < -0.39 is 17.8 Å². The molecule has 7 heteroatoms. The number of hydrogen-bond donors (Lipinski definition) is 0. The van der Waals surface area contributed by atoms with E-state index in [9.17, 15) is 4.91 Å². The predicted octanol–water partition coefficient (Wildman–Crippen LogP) is 4.50. The summed E-state index contributed by atoms with van der Waals surface area (Å²) >= 11 is 0. The number of nitroso groups, excluding NO2 is 1. The molecule has 4 rings (SSSR count). The monoisotopic (exact) mass is 410 g/mol. The number of ether oxygens (including phenoxy) is 3. The van der Waals surface area contributed by atoms with Crippen LogP contribution in [0.3, 0.4) is 0 Å². The molecule has 0 saturated carbocycles. The minimum Gasteiger partial charge on any atom is -0.469 e. The summed E-state index contributed by atoms with van der Waals surface area (Å²) in [5.41, 5.74) is 2.13. The van der Waals surface area contributed by atoms with Crippen LogP contribution in [-0.4, -0.2) is 43.1 Å². The van der Waals surface area contributed by atoms with Gasteiger partial charge in [-0.15, -0.1) is 4.91 Å². The van der Waals surface area contributed by atoms with Gasteiger partial charge in [0.1, 0.15) is 18.1 Å². The molecule has 158 valence electrons. The predicted molar refractivity (Wildman–Crippen MR) is 112 cm³/mol. The van der Waals surface area contributed by atoms with Crippen molar-refractivity contribution >= 4 is 6.08 Å². The molecule has 0 aliphatic carbocycles. The zero-order valence-electron chi connectivity index (χ0n) is 17.2. The molecule has 0 spiro atoms. The lowest BCUT2D eigenvalue weighted by atomic mass is 9.87. The molecular formula is C23H26N2O5. The highest BCUT2D eigenvalue weighted by molar-refractivity contribution is 5.52. The van der Waals surface area contributed by atoms with Gasteiger partial charge in [0.2, 0.25) is 5.79 Å². The minimum absolute atomic E-state index is 0.331. The Hall–Kier alpha value is -2.90. The zero-order valence-corrected chi connectivity index (χ0v) is 17.2. The summed E-state index contributed by atoms with van der Waals surface area (Å²) in [6, 6.07) is 13.4. The summed E-state index contributed by atoms with van der Waals surface area (Å²) in [4.78, 5) is 14.2. The highest BCUT2D eigenvalue weighted by Crippen LogP contribution is 2.41. The normalized spacial score (nSPS) is 22.7. The van der Waals surface area contributed by atoms with Gasteiger partial charge in [0.05, 0.1) is 36.8 Å². The van der Waals surface area contributed by atoms with Gasteiger partial charge in [-0.05, 0) is 22.9 Å². The number of benzene rings is 1. The first-order valence-electron chi connectivity index (χ1n) is 10.1. The van der Waals surface area contributed by atoms with Crippen molar-refractivity contribution in [3.8, 4) is 0 Å². The summed E-state index contributed by atoms with van der Waals surface area (Å²) < 4.78 is 23.2. The second-order valence-electron chi connectivity index (χ2n) is 7.76. The molecule has 2 unspecified atom stereocenters. The third kappa shape index (κ3) is 4.47. The van der Waals surface area contributed by atoms with Crippen molar-refractivity contribution in [2.45, 2.75) is 31.7 Å². The van der Waals surface area contributed by atoms with Crippen LogP contribution >= 0.6 is 0 Å². The fourth-order valence-corrected chi connectivity index (χ4v) is 3.83. The van der Waals surface area contributed by atoms with Crippen LogP contribution in [0.5, 0.6) is 0 Å². The Morgan fingerprint density at radius 3 is 2.60 bits per heavy atom. The van der Waals surface area contributed by atoms with Crippen LogP contribution < -0.4 is 0 Å². The summed E-state index contributed by atoms with van der Waals surface area (Å²) in [5.74, 6) is -0.716. The van der Waals surface area contributed by atoms with Crippen LogP contribution in [0, 0.1) is 4.91 Å². The van der Waals surface area contributed by atoms with Gasteiger partial charge in [-0.1, -0.05) is 30.3 Å². The van der Waals surface area contributed by atoms with Crippen LogP contribution in [0.2, 0.25) is 0 Å². The topological polar surface area (TPSA) is 73.5 Å². The van der Waals surface area contributed by atoms with Crippen LogP contribution in [-0.2, 0) is 14.2 Å². The molecule has 0 N–H and O–H groups in total. The van der Waals surface area contributed by atoms with Gasteiger partial charge in [-0.25, -0.2) is 0 Å². The molecule has 0 bridgehead atoms. The minimum atomic E-state index is -0.841. The molecule has 1 fully saturated rings. The largest absolute Gasteiger partial charge is 0.469 e. The molecule has 0 amide bonds. The van der Waals surface area contributed by atoms with E-state index in [-0.39, 0.29) is 0 Å². The Bertz CT molecular complexity index is 899. The SMILES string of the molecule is CC1(C)OC=C(N2CCOCC2)C(C(/C(=C/c2ccco2)N=O)c2ccccc2)O1. The quantitative estimate of drug-likeness (QED) is 0.653. The first-order valence-corrected chi connectivity index (χ1v) is 10.1. The first kappa shape index (κ1) is 20.4. The molecule has 2 aromatic rings. The van der Waals surface area contributed by atoms with Crippen molar-refractivity contribution in [3.05, 3.63) is 82.6 Å². The van der Waals surface area contributed by atoms with Gasteiger partial charge in [-0.2, -0.15) is 0 Å². The van der Waals surface area contributed by atoms with Gasteiger partial charge in [-0.3, -0.25) is 0 Å². The Kier molecular flexibility index (Phi) is 6.01. The van der Waals surface area contributed by atoms with Crippen LogP contribution in [0.15, 0.2) is 76.0 Å². The zero-order chi connectivity index (χ0) is 21.0. The Morgan fingerprint density at radius 1 is 1.17 bits per heavy atom. The van der Waals surface area contributed by atoms with Crippen LogP contribution in [0.1, 0.15) is 31.1 Å². The van der Waals surface area contributed by atoms with Crippen molar-refractivity contribution in [2.24, 2.45) is 5.18 Å². The van der Waals surface area contributed by atoms with E-state index in [0.717, 1.165) is 24.4 Å². The third-order valence-corrected chi connectivity index (χ3v) is 5.26. The number of furan rings is 1. The summed E-state index contributed by atoms with van der Waals surface area (Å²) in [6.07, 6.45) is 4.53. The van der Waals surface area contributed by atoms with Crippen molar-refractivity contribution in [1.82, 2.24) is 4.90 Å². The maximum absolute atomic E-state index is 12.0. The van der Waals surface area contributed by atoms with E-state index in [4.69, 9.17) is 18.6 Å². The summed E-state index contributed by atoms with van der Waals surface area (Å²) in [5, 5.41) is 3.40. The molecule has 2 atom stereocenters. The lowest BCUT2D eigenvalue weighted by Gasteiger charge is -2.44. The summed E-state index contributed by atoms with van der Waals surface area (Å²) in [7, 11) is 0. The molecule has 0 radical (unpaired) electrons. The van der Waals surface area contributed by atoms with E-state index in [2.05, 4.69) is 10.1 Å². The van der Waals surface area contributed by atoms with E-state index in [1.807, 2.05) is 44.2 Å². The maximum atomic E-state index is 12.0. The number of nitrogens with zero attached hydrogens (tertiary/aromatic N) is 2. The second kappa shape index (κ2) is 8.85. The van der Waals surface area contributed by atoms with Gasteiger partial charge in [0, 0.05) is 33.0 Å². The van der Waals surface area contributed by atoms with Crippen molar-refractivity contribution in [3.63, 3.8) is 0 Å². The molecule has 1 aromatic carbocycles. The summed E-state index contributed by atoms with van der Waals surface area (Å²) in [6.45, 7) is 6.43. The van der Waals surface area contributed by atoms with Gasteiger partial charge in [0.25, 0.3) is 0 Å². The average Bonchev–Trinajstić information content (AvgIpc) is 3.27. The van der Waals surface area contributed by atoms with E-state index in [0.29, 0.717) is 24.7 Å². The first-order chi connectivity index (χ1) is 14.6. The number of morpholine rings is 1. The van der Waals surface area contributed by atoms with Crippen LogP contribution in [0.4, 0.5) is 0 Å². The highest BCUT2D eigenvalue weighted by Gasteiger charge is 2.42. The molecule has 1 saturated heterocycles. The lowest BCUT2D eigenvalue weighted by Crippen LogP contribution is -2.48. The van der Waals surface area contributed by atoms with Crippen molar-refractivity contribution in [2.75, 3.05) is 26.3 Å². The molecule has 3 heterocycles. The van der Waals surface area contributed by atoms with Gasteiger partial charge in [0.15, 0.2) is 0 Å². The highest BCUT2D eigenvalue weighted by atomic mass is 16.7. The van der Waals surface area contributed by atoms with E-state index in [1.165, 1.54) is 0 Å². The molecule has 2 aliphatic heterocycles. The number of rotatable bonds is 6. The fourth-order valence-electron chi connectivity index (χ4n) is 3.83. The Balaban J connectivity index is 1.80. The molecule has 30 heavy (non-hydrogen) atoms. The van der Waals surface area contributed by atoms with Crippen molar-refractivity contribution < 1.29 is 18.6 Å². The average molecular weight is 410 g/mol. The van der Waals surface area contributed by atoms with Gasteiger partial charge < -0.3 is 23.5 Å². The molecule has 7 nitrogen and oxygen atoms in total.